The maximum Gasteiger partial charge on any atom is 0.122 e. The minimum absolute atomic E-state index is 0.397. The summed E-state index contributed by atoms with van der Waals surface area (Å²) in [5.74, 6) is 0.757. The number of ether oxygens (including phenoxy) is 1. The Balaban J connectivity index is 2.30. The van der Waals surface area contributed by atoms with E-state index in [2.05, 4.69) is 0 Å². The Morgan fingerprint density at radius 2 is 1.95 bits per heavy atom. The normalized spacial score (nSPS) is 12.2. The summed E-state index contributed by atoms with van der Waals surface area (Å²) in [6, 6.07) is 11.1. The zero-order valence-electron chi connectivity index (χ0n) is 11.4. The summed E-state index contributed by atoms with van der Waals surface area (Å²) in [7, 11) is 1.62. The van der Waals surface area contributed by atoms with Gasteiger partial charge in [-0.05, 0) is 24.6 Å². The number of methoxy groups -OCH3 is 1. The Morgan fingerprint density at radius 3 is 2.65 bits per heavy atom. The van der Waals surface area contributed by atoms with Gasteiger partial charge >= 0.3 is 0 Å². The number of aliphatic hydroxyl groups excluding tert-OH is 1. The van der Waals surface area contributed by atoms with E-state index in [0.717, 1.165) is 16.9 Å². The van der Waals surface area contributed by atoms with Gasteiger partial charge in [0, 0.05) is 12.0 Å². The van der Waals surface area contributed by atoms with Crippen LogP contribution in [0.15, 0.2) is 36.4 Å². The van der Waals surface area contributed by atoms with Gasteiger partial charge in [0.05, 0.1) is 23.3 Å². The van der Waals surface area contributed by atoms with Gasteiger partial charge in [0.2, 0.25) is 0 Å². The number of aliphatic hydroxyl groups is 1. The molecule has 2 nitrogen and oxygen atoms in total. The molecule has 2 aromatic carbocycles. The van der Waals surface area contributed by atoms with Crippen molar-refractivity contribution in [3.8, 4) is 5.75 Å². The molecular formula is C16H16Cl2O2. The fourth-order valence-corrected chi connectivity index (χ4v) is 2.60. The molecule has 0 bridgehead atoms. The first kappa shape index (κ1) is 15.2. The maximum absolute atomic E-state index is 10.4. The van der Waals surface area contributed by atoms with Crippen molar-refractivity contribution < 1.29 is 9.84 Å². The number of halogens is 2. The Bertz CT molecular complexity index is 611. The molecule has 0 amide bonds. The second-order valence-corrected chi connectivity index (χ2v) is 5.46. The molecule has 0 saturated carbocycles. The molecule has 1 N–H and O–H groups in total. The van der Waals surface area contributed by atoms with Crippen LogP contribution in [0, 0.1) is 6.92 Å². The van der Waals surface area contributed by atoms with E-state index in [4.69, 9.17) is 27.9 Å². The van der Waals surface area contributed by atoms with E-state index in [-0.39, 0.29) is 0 Å². The van der Waals surface area contributed by atoms with Crippen LogP contribution in [0.25, 0.3) is 0 Å². The third-order valence-electron chi connectivity index (χ3n) is 3.19. The fraction of sp³-hybridized carbons (Fsp3) is 0.250. The van der Waals surface area contributed by atoms with Gasteiger partial charge in [-0.25, -0.2) is 0 Å². The topological polar surface area (TPSA) is 29.5 Å². The van der Waals surface area contributed by atoms with Crippen molar-refractivity contribution in [2.24, 2.45) is 0 Å². The molecule has 4 heteroatoms. The number of hydrogen-bond donors (Lipinski definition) is 1. The monoisotopic (exact) mass is 310 g/mol. The van der Waals surface area contributed by atoms with Crippen molar-refractivity contribution in [1.29, 1.82) is 0 Å². The third kappa shape index (κ3) is 3.26. The molecule has 0 saturated heterocycles. The van der Waals surface area contributed by atoms with Crippen molar-refractivity contribution >= 4 is 23.2 Å². The van der Waals surface area contributed by atoms with Gasteiger partial charge in [0.25, 0.3) is 0 Å². The molecule has 0 aliphatic rings. The highest BCUT2D eigenvalue weighted by Gasteiger charge is 2.16. The first-order valence-corrected chi connectivity index (χ1v) is 7.04. The zero-order chi connectivity index (χ0) is 14.7. The van der Waals surface area contributed by atoms with E-state index in [0.29, 0.717) is 22.0 Å². The van der Waals surface area contributed by atoms with Gasteiger partial charge in [-0.1, -0.05) is 53.0 Å². The van der Waals surface area contributed by atoms with E-state index in [1.54, 1.807) is 25.3 Å². The van der Waals surface area contributed by atoms with Crippen molar-refractivity contribution in [2.45, 2.75) is 19.4 Å². The van der Waals surface area contributed by atoms with Gasteiger partial charge in [0.1, 0.15) is 5.75 Å². The lowest BCUT2D eigenvalue weighted by Crippen LogP contribution is -2.04. The van der Waals surface area contributed by atoms with Crippen LogP contribution in [0.5, 0.6) is 5.75 Å². The highest BCUT2D eigenvalue weighted by atomic mass is 35.5. The first-order valence-electron chi connectivity index (χ1n) is 6.28. The Morgan fingerprint density at radius 1 is 1.20 bits per heavy atom. The Kier molecular flexibility index (Phi) is 4.92. The van der Waals surface area contributed by atoms with Crippen molar-refractivity contribution in [1.82, 2.24) is 0 Å². The molecule has 1 unspecified atom stereocenters. The standard InChI is InChI=1S/C16H16Cl2O2/c1-10-6-7-15(20-2)11(8-10)9-14(19)12-4-3-5-13(17)16(12)18/h3-8,14,19H,9H2,1-2H3. The second-order valence-electron chi connectivity index (χ2n) is 4.68. The highest BCUT2D eigenvalue weighted by Crippen LogP contribution is 2.33. The minimum atomic E-state index is -0.725. The molecule has 0 aliphatic carbocycles. The van der Waals surface area contributed by atoms with E-state index >= 15 is 0 Å². The summed E-state index contributed by atoms with van der Waals surface area (Å²) in [6.45, 7) is 2.00. The largest absolute Gasteiger partial charge is 0.496 e. The Hall–Kier alpha value is -1.22. The van der Waals surface area contributed by atoms with Gasteiger partial charge in [-0.3, -0.25) is 0 Å². The van der Waals surface area contributed by atoms with Gasteiger partial charge in [-0.15, -0.1) is 0 Å². The zero-order valence-corrected chi connectivity index (χ0v) is 12.9. The molecular weight excluding hydrogens is 295 g/mol. The molecule has 0 spiro atoms. The summed E-state index contributed by atoms with van der Waals surface area (Å²) in [5.41, 5.74) is 2.68. The third-order valence-corrected chi connectivity index (χ3v) is 4.02. The summed E-state index contributed by atoms with van der Waals surface area (Å²) in [4.78, 5) is 0. The molecule has 20 heavy (non-hydrogen) atoms. The highest BCUT2D eigenvalue weighted by molar-refractivity contribution is 6.42. The number of benzene rings is 2. The quantitative estimate of drug-likeness (QED) is 0.895. The Labute approximate surface area is 128 Å². The summed E-state index contributed by atoms with van der Waals surface area (Å²) < 4.78 is 5.32. The van der Waals surface area contributed by atoms with Crippen molar-refractivity contribution in [3.05, 3.63) is 63.1 Å². The van der Waals surface area contributed by atoms with Gasteiger partial charge in [0.15, 0.2) is 0 Å². The van der Waals surface area contributed by atoms with E-state index in [1.807, 2.05) is 25.1 Å². The van der Waals surface area contributed by atoms with Crippen LogP contribution < -0.4 is 4.74 Å². The summed E-state index contributed by atoms with van der Waals surface area (Å²) in [5, 5.41) is 11.2. The maximum atomic E-state index is 10.4. The molecule has 0 aromatic heterocycles. The molecule has 2 aromatic rings. The molecule has 0 heterocycles. The SMILES string of the molecule is COc1ccc(C)cc1CC(O)c1cccc(Cl)c1Cl. The van der Waals surface area contributed by atoms with Crippen LogP contribution in [-0.2, 0) is 6.42 Å². The summed E-state index contributed by atoms with van der Waals surface area (Å²) in [6.07, 6.45) is -0.304. The molecule has 1 atom stereocenters. The van der Waals surface area contributed by atoms with Crippen LogP contribution in [-0.4, -0.2) is 12.2 Å². The van der Waals surface area contributed by atoms with Crippen LogP contribution >= 0.6 is 23.2 Å². The minimum Gasteiger partial charge on any atom is -0.496 e. The molecule has 0 aliphatic heterocycles. The van der Waals surface area contributed by atoms with Crippen LogP contribution in [0.4, 0.5) is 0 Å². The molecule has 0 fully saturated rings. The smallest absolute Gasteiger partial charge is 0.122 e. The van der Waals surface area contributed by atoms with Crippen molar-refractivity contribution in [3.63, 3.8) is 0 Å². The van der Waals surface area contributed by atoms with Crippen LogP contribution in [0.2, 0.25) is 10.0 Å². The average Bonchev–Trinajstić information content (AvgIpc) is 2.42. The van der Waals surface area contributed by atoms with Gasteiger partial charge < -0.3 is 9.84 Å². The van der Waals surface area contributed by atoms with Crippen LogP contribution in [0.3, 0.4) is 0 Å². The predicted octanol–water partition coefficient (Wildman–Crippen LogP) is 4.59. The lowest BCUT2D eigenvalue weighted by atomic mass is 9.99. The number of aryl methyl sites for hydroxylation is 1. The van der Waals surface area contributed by atoms with E-state index in [1.165, 1.54) is 0 Å². The van der Waals surface area contributed by atoms with Crippen molar-refractivity contribution in [2.75, 3.05) is 7.11 Å². The fourth-order valence-electron chi connectivity index (χ4n) is 2.16. The lowest BCUT2D eigenvalue weighted by Gasteiger charge is -2.16. The number of rotatable bonds is 4. The predicted molar refractivity (Wildman–Crippen MR) is 82.9 cm³/mol. The molecule has 2 rings (SSSR count). The second kappa shape index (κ2) is 6.49. The molecule has 0 radical (unpaired) electrons. The number of hydrogen-bond acceptors (Lipinski definition) is 2. The summed E-state index contributed by atoms with van der Waals surface area (Å²) >= 11 is 12.1. The molecule has 106 valence electrons. The van der Waals surface area contributed by atoms with Crippen LogP contribution in [0.1, 0.15) is 22.8 Å². The first-order chi connectivity index (χ1) is 9.52. The average molecular weight is 311 g/mol. The van der Waals surface area contributed by atoms with E-state index < -0.39 is 6.10 Å². The van der Waals surface area contributed by atoms with E-state index in [9.17, 15) is 5.11 Å². The lowest BCUT2D eigenvalue weighted by molar-refractivity contribution is 0.177. The van der Waals surface area contributed by atoms with Gasteiger partial charge in [-0.2, -0.15) is 0 Å².